The fourth-order valence-electron chi connectivity index (χ4n) is 4.40. The second-order valence-corrected chi connectivity index (χ2v) is 9.11. The van der Waals surface area contributed by atoms with Gasteiger partial charge in [0.1, 0.15) is 12.2 Å². The Morgan fingerprint density at radius 2 is 1.68 bits per heavy atom. The van der Waals surface area contributed by atoms with Crippen LogP contribution in [0.5, 0.6) is 0 Å². The van der Waals surface area contributed by atoms with Gasteiger partial charge in [-0.05, 0) is 34.2 Å². The zero-order valence-corrected chi connectivity index (χ0v) is 19.5. The van der Waals surface area contributed by atoms with Crippen molar-refractivity contribution in [2.45, 2.75) is 50.9 Å². The number of rotatable bonds is 7. The molecule has 1 fully saturated rings. The molecule has 0 unspecified atom stereocenters. The number of benzene rings is 2. The average molecular weight is 460 g/mol. The summed E-state index contributed by atoms with van der Waals surface area (Å²) in [5, 5.41) is 3.10. The highest BCUT2D eigenvalue weighted by molar-refractivity contribution is 5.89. The molecule has 3 aromatic rings. The quantitative estimate of drug-likeness (QED) is 0.562. The molecule has 2 heterocycles. The molecule has 0 spiro atoms. The molecule has 1 aliphatic heterocycles. The molecule has 176 valence electrons. The van der Waals surface area contributed by atoms with Gasteiger partial charge < -0.3 is 10.2 Å². The van der Waals surface area contributed by atoms with Crippen LogP contribution in [0.2, 0.25) is 0 Å². The van der Waals surface area contributed by atoms with Crippen LogP contribution >= 0.6 is 0 Å². The van der Waals surface area contributed by atoms with E-state index < -0.39 is 18.3 Å². The molecular formula is C28H30FN3O2. The molecule has 1 aromatic heterocycles. The Morgan fingerprint density at radius 1 is 1.00 bits per heavy atom. The van der Waals surface area contributed by atoms with E-state index in [4.69, 9.17) is 0 Å². The zero-order chi connectivity index (χ0) is 24.1. The van der Waals surface area contributed by atoms with E-state index in [1.807, 2.05) is 42.5 Å². The summed E-state index contributed by atoms with van der Waals surface area (Å²) in [4.78, 5) is 31.8. The molecule has 6 heteroatoms. The van der Waals surface area contributed by atoms with E-state index in [2.05, 4.69) is 36.3 Å². The van der Waals surface area contributed by atoms with Crippen LogP contribution in [0, 0.1) is 0 Å². The van der Waals surface area contributed by atoms with E-state index in [0.29, 0.717) is 5.92 Å². The van der Waals surface area contributed by atoms with E-state index >= 15 is 0 Å². The van der Waals surface area contributed by atoms with Gasteiger partial charge in [-0.1, -0.05) is 74.5 Å². The molecular weight excluding hydrogens is 429 g/mol. The predicted octanol–water partition coefficient (Wildman–Crippen LogP) is 4.59. The third-order valence-corrected chi connectivity index (χ3v) is 6.31. The van der Waals surface area contributed by atoms with E-state index in [-0.39, 0.29) is 31.2 Å². The number of nitrogens with zero attached hydrogens (tertiary/aromatic N) is 2. The summed E-state index contributed by atoms with van der Waals surface area (Å²) in [6.07, 6.45) is 2.10. The SMILES string of the molecule is CC(C)c1ccc([C@@H](NC(=O)[C@@H]2C[C@@H](F)CN2C(=O)Cc2cccnc2)c2ccccc2)cc1. The lowest BCUT2D eigenvalue weighted by Gasteiger charge is -2.27. The second kappa shape index (κ2) is 10.6. The number of hydrogen-bond donors (Lipinski definition) is 1. The van der Waals surface area contributed by atoms with Gasteiger partial charge in [-0.25, -0.2) is 4.39 Å². The van der Waals surface area contributed by atoms with Gasteiger partial charge in [0.15, 0.2) is 0 Å². The Morgan fingerprint density at radius 3 is 2.32 bits per heavy atom. The number of hydrogen-bond acceptors (Lipinski definition) is 3. The molecule has 4 rings (SSSR count). The van der Waals surface area contributed by atoms with Crippen molar-refractivity contribution in [3.63, 3.8) is 0 Å². The number of carbonyl (C=O) groups is 2. The minimum Gasteiger partial charge on any atom is -0.343 e. The molecule has 0 aliphatic carbocycles. The van der Waals surface area contributed by atoms with Gasteiger partial charge in [-0.2, -0.15) is 0 Å². The van der Waals surface area contributed by atoms with Crippen LogP contribution in [0.1, 0.15) is 54.5 Å². The number of likely N-dealkylation sites (tertiary alicyclic amines) is 1. The Balaban J connectivity index is 1.55. The smallest absolute Gasteiger partial charge is 0.243 e. The molecule has 1 aliphatic rings. The second-order valence-electron chi connectivity index (χ2n) is 9.11. The molecule has 2 aromatic carbocycles. The van der Waals surface area contributed by atoms with Crippen molar-refractivity contribution in [2.24, 2.45) is 0 Å². The molecule has 1 N–H and O–H groups in total. The van der Waals surface area contributed by atoms with Gasteiger partial charge >= 0.3 is 0 Å². The topological polar surface area (TPSA) is 62.3 Å². The fraction of sp³-hybridized carbons (Fsp3) is 0.321. The highest BCUT2D eigenvalue weighted by Gasteiger charge is 2.40. The number of halogens is 1. The lowest BCUT2D eigenvalue weighted by atomic mass is 9.95. The van der Waals surface area contributed by atoms with Crippen LogP contribution in [0.25, 0.3) is 0 Å². The third-order valence-electron chi connectivity index (χ3n) is 6.31. The maximum atomic E-state index is 14.4. The fourth-order valence-corrected chi connectivity index (χ4v) is 4.40. The van der Waals surface area contributed by atoms with Crippen molar-refractivity contribution < 1.29 is 14.0 Å². The highest BCUT2D eigenvalue weighted by Crippen LogP contribution is 2.27. The van der Waals surface area contributed by atoms with Crippen molar-refractivity contribution in [3.05, 3.63) is 101 Å². The van der Waals surface area contributed by atoms with Gasteiger partial charge in [-0.15, -0.1) is 0 Å². The summed E-state index contributed by atoms with van der Waals surface area (Å²) in [5.41, 5.74) is 3.81. The minimum atomic E-state index is -1.23. The normalized spacial score (nSPS) is 18.6. The maximum absolute atomic E-state index is 14.4. The Bertz CT molecular complexity index is 1100. The summed E-state index contributed by atoms with van der Waals surface area (Å²) < 4.78 is 14.4. The molecule has 2 amide bonds. The third kappa shape index (κ3) is 5.50. The van der Waals surface area contributed by atoms with Gasteiger partial charge in [0, 0.05) is 18.8 Å². The zero-order valence-electron chi connectivity index (χ0n) is 19.5. The Labute approximate surface area is 200 Å². The molecule has 0 radical (unpaired) electrons. The van der Waals surface area contributed by atoms with Crippen LogP contribution in [-0.4, -0.2) is 40.5 Å². The molecule has 0 saturated carbocycles. The number of carbonyl (C=O) groups excluding carboxylic acids is 2. The lowest BCUT2D eigenvalue weighted by Crippen LogP contribution is -2.47. The minimum absolute atomic E-state index is 0.00158. The summed E-state index contributed by atoms with van der Waals surface area (Å²) in [6, 6.07) is 20.2. The Hall–Kier alpha value is -3.54. The van der Waals surface area contributed by atoms with Crippen LogP contribution < -0.4 is 5.32 Å². The van der Waals surface area contributed by atoms with Crippen LogP contribution in [0.4, 0.5) is 4.39 Å². The first-order valence-electron chi connectivity index (χ1n) is 11.7. The summed E-state index contributed by atoms with van der Waals surface area (Å²) in [5.74, 6) is -0.217. The van der Waals surface area contributed by atoms with E-state index in [1.165, 1.54) is 10.5 Å². The van der Waals surface area contributed by atoms with Crippen molar-refractivity contribution in [2.75, 3.05) is 6.54 Å². The monoisotopic (exact) mass is 459 g/mol. The standard InChI is InChI=1S/C28H30FN3O2/c1-19(2)21-10-12-23(13-11-21)27(22-8-4-3-5-9-22)31-28(34)25-16-24(29)18-32(25)26(33)15-20-7-6-14-30-17-20/h3-14,17,19,24-25,27H,15-16,18H2,1-2H3,(H,31,34)/t24-,25+,27+/m1/s1. The van der Waals surface area contributed by atoms with Crippen molar-refractivity contribution in [1.29, 1.82) is 0 Å². The van der Waals surface area contributed by atoms with Gasteiger partial charge in [-0.3, -0.25) is 14.6 Å². The highest BCUT2D eigenvalue weighted by atomic mass is 19.1. The first kappa shape index (κ1) is 23.6. The summed E-state index contributed by atoms with van der Waals surface area (Å²) >= 11 is 0. The van der Waals surface area contributed by atoms with Crippen LogP contribution in [-0.2, 0) is 16.0 Å². The number of amides is 2. The van der Waals surface area contributed by atoms with E-state index in [9.17, 15) is 14.0 Å². The van der Waals surface area contributed by atoms with Crippen molar-refractivity contribution >= 4 is 11.8 Å². The maximum Gasteiger partial charge on any atom is 0.243 e. The van der Waals surface area contributed by atoms with Crippen molar-refractivity contribution in [3.8, 4) is 0 Å². The first-order chi connectivity index (χ1) is 16.4. The number of nitrogens with one attached hydrogen (secondary N) is 1. The summed E-state index contributed by atoms with van der Waals surface area (Å²) in [6.45, 7) is 4.20. The van der Waals surface area contributed by atoms with E-state index in [0.717, 1.165) is 16.7 Å². The first-order valence-corrected chi connectivity index (χ1v) is 11.7. The van der Waals surface area contributed by atoms with Crippen LogP contribution in [0.3, 0.4) is 0 Å². The predicted molar refractivity (Wildman–Crippen MR) is 130 cm³/mol. The lowest BCUT2D eigenvalue weighted by molar-refractivity contribution is -0.138. The van der Waals surface area contributed by atoms with Gasteiger partial charge in [0.25, 0.3) is 0 Å². The number of aromatic nitrogens is 1. The average Bonchev–Trinajstić information content (AvgIpc) is 3.25. The molecule has 5 nitrogen and oxygen atoms in total. The van der Waals surface area contributed by atoms with E-state index in [1.54, 1.807) is 24.5 Å². The van der Waals surface area contributed by atoms with Crippen LogP contribution in [0.15, 0.2) is 79.1 Å². The number of alkyl halides is 1. The Kier molecular flexibility index (Phi) is 7.36. The molecule has 0 bridgehead atoms. The van der Waals surface area contributed by atoms with Crippen molar-refractivity contribution in [1.82, 2.24) is 15.2 Å². The van der Waals surface area contributed by atoms with Gasteiger partial charge in [0.2, 0.25) is 11.8 Å². The molecule has 34 heavy (non-hydrogen) atoms. The largest absolute Gasteiger partial charge is 0.343 e. The molecule has 1 saturated heterocycles. The molecule has 3 atom stereocenters. The summed E-state index contributed by atoms with van der Waals surface area (Å²) in [7, 11) is 0. The van der Waals surface area contributed by atoms with Gasteiger partial charge in [0.05, 0.1) is 19.0 Å². The number of pyridine rings is 1.